The average Bonchev–Trinajstić information content (AvgIpc) is 2.97. The van der Waals surface area contributed by atoms with Gasteiger partial charge in [-0.15, -0.1) is 0 Å². The second-order valence-corrected chi connectivity index (χ2v) is 6.40. The van der Waals surface area contributed by atoms with Crippen molar-refractivity contribution < 1.29 is 13.9 Å². The van der Waals surface area contributed by atoms with Gasteiger partial charge in [-0.3, -0.25) is 9.78 Å². The van der Waals surface area contributed by atoms with Crippen molar-refractivity contribution in [3.63, 3.8) is 0 Å². The molecule has 4 heterocycles. The highest BCUT2D eigenvalue weighted by atomic mass is 19.1. The molecular formula is C18H19FN4O2. The lowest BCUT2D eigenvalue weighted by Gasteiger charge is -2.36. The number of anilines is 1. The fourth-order valence-corrected chi connectivity index (χ4v) is 3.35. The molecule has 0 radical (unpaired) electrons. The van der Waals surface area contributed by atoms with E-state index < -0.39 is 12.3 Å². The van der Waals surface area contributed by atoms with Gasteiger partial charge in [0.25, 0.3) is 5.91 Å². The number of halogens is 1. The summed E-state index contributed by atoms with van der Waals surface area (Å²) in [5, 5.41) is 2.77. The number of pyridine rings is 2. The molecule has 7 heteroatoms. The zero-order chi connectivity index (χ0) is 17.4. The summed E-state index contributed by atoms with van der Waals surface area (Å²) in [7, 11) is 0. The molecule has 2 aliphatic rings. The Balaban J connectivity index is 1.49. The lowest BCUT2D eigenvalue weighted by atomic mass is 10.0. The summed E-state index contributed by atoms with van der Waals surface area (Å²) in [5.74, 6) is 1.24. The van der Waals surface area contributed by atoms with Crippen LogP contribution in [0.15, 0.2) is 30.6 Å². The minimum Gasteiger partial charge on any atom is -0.486 e. The number of hydrogen-bond donors (Lipinski definition) is 1. The molecule has 2 aromatic rings. The molecule has 2 aliphatic heterocycles. The number of hydrogen-bond acceptors (Lipinski definition) is 5. The van der Waals surface area contributed by atoms with E-state index in [1.54, 1.807) is 24.5 Å². The van der Waals surface area contributed by atoms with Gasteiger partial charge in [-0.05, 0) is 30.7 Å². The highest BCUT2D eigenvalue weighted by molar-refractivity contribution is 5.98. The molecule has 0 aliphatic carbocycles. The number of nitrogens with one attached hydrogen (secondary N) is 1. The van der Waals surface area contributed by atoms with Crippen molar-refractivity contribution >= 4 is 11.7 Å². The first kappa shape index (κ1) is 15.8. The van der Waals surface area contributed by atoms with Gasteiger partial charge in [0.15, 0.2) is 6.17 Å². The van der Waals surface area contributed by atoms with Crippen LogP contribution in [0, 0.1) is 6.92 Å². The van der Waals surface area contributed by atoms with Gasteiger partial charge in [-0.25, -0.2) is 9.37 Å². The molecule has 2 aromatic heterocycles. The lowest BCUT2D eigenvalue weighted by molar-refractivity contribution is 0.0815. The van der Waals surface area contributed by atoms with Crippen LogP contribution >= 0.6 is 0 Å². The maximum Gasteiger partial charge on any atom is 0.253 e. The molecule has 0 bridgehead atoms. The largest absolute Gasteiger partial charge is 0.486 e. The summed E-state index contributed by atoms with van der Waals surface area (Å²) in [6, 6.07) is 5.39. The molecule has 0 aromatic carbocycles. The molecule has 1 fully saturated rings. The van der Waals surface area contributed by atoms with Gasteiger partial charge in [-0.1, -0.05) is 0 Å². The van der Waals surface area contributed by atoms with E-state index in [2.05, 4.69) is 15.3 Å². The van der Waals surface area contributed by atoms with Crippen LogP contribution in [-0.4, -0.2) is 41.2 Å². The third-order valence-electron chi connectivity index (χ3n) is 4.63. The molecule has 1 unspecified atom stereocenters. The number of nitrogens with zero attached hydrogens (tertiary/aromatic N) is 3. The smallest absolute Gasteiger partial charge is 0.253 e. The van der Waals surface area contributed by atoms with E-state index in [-0.39, 0.29) is 12.5 Å². The standard InChI is InChI=1S/C18H19FN4O2/c1-11-7-13-15(9-21-18(13)24)22-17(11)23-6-4-16(14(19)10-23)25-12-3-2-5-20-8-12/h2-3,5,7-8,14,16H,4,6,9-10H2,1H3,(H,21,24)/t14-,16?/m1/s1. The van der Waals surface area contributed by atoms with Crippen LogP contribution in [0.5, 0.6) is 5.75 Å². The predicted octanol–water partition coefficient (Wildman–Crippen LogP) is 2.02. The Labute approximate surface area is 145 Å². The zero-order valence-corrected chi connectivity index (χ0v) is 13.9. The molecular weight excluding hydrogens is 323 g/mol. The van der Waals surface area contributed by atoms with E-state index in [1.165, 1.54) is 0 Å². The maximum absolute atomic E-state index is 14.7. The van der Waals surface area contributed by atoms with E-state index in [0.29, 0.717) is 30.8 Å². The minimum atomic E-state index is -1.12. The summed E-state index contributed by atoms with van der Waals surface area (Å²) in [6.45, 7) is 3.21. The van der Waals surface area contributed by atoms with Crippen molar-refractivity contribution in [1.82, 2.24) is 15.3 Å². The molecule has 2 atom stereocenters. The fraction of sp³-hybridized carbons (Fsp3) is 0.389. The third kappa shape index (κ3) is 3.01. The lowest BCUT2D eigenvalue weighted by Crippen LogP contribution is -2.47. The highest BCUT2D eigenvalue weighted by Gasteiger charge is 2.33. The minimum absolute atomic E-state index is 0.0934. The van der Waals surface area contributed by atoms with Crippen molar-refractivity contribution in [2.45, 2.75) is 32.2 Å². The summed E-state index contributed by atoms with van der Waals surface area (Å²) >= 11 is 0. The van der Waals surface area contributed by atoms with Gasteiger partial charge in [0.2, 0.25) is 0 Å². The summed E-state index contributed by atoms with van der Waals surface area (Å²) in [4.78, 5) is 22.2. The molecule has 1 saturated heterocycles. The first-order valence-electron chi connectivity index (χ1n) is 8.36. The summed E-state index contributed by atoms with van der Waals surface area (Å²) < 4.78 is 20.4. The van der Waals surface area contributed by atoms with E-state index >= 15 is 0 Å². The quantitative estimate of drug-likeness (QED) is 0.924. The average molecular weight is 342 g/mol. The predicted molar refractivity (Wildman–Crippen MR) is 90.5 cm³/mol. The number of aromatic nitrogens is 2. The second kappa shape index (κ2) is 6.31. The molecule has 4 rings (SSSR count). The van der Waals surface area contributed by atoms with Crippen LogP contribution in [0.2, 0.25) is 0 Å². The van der Waals surface area contributed by atoms with Crippen molar-refractivity contribution in [2.75, 3.05) is 18.0 Å². The Kier molecular flexibility index (Phi) is 3.99. The molecule has 25 heavy (non-hydrogen) atoms. The number of carbonyl (C=O) groups is 1. The number of aryl methyl sites for hydroxylation is 1. The Hall–Kier alpha value is -2.70. The Bertz CT molecular complexity index is 799. The third-order valence-corrected chi connectivity index (χ3v) is 4.63. The molecule has 130 valence electrons. The number of rotatable bonds is 3. The van der Waals surface area contributed by atoms with Crippen LogP contribution in [0.4, 0.5) is 10.2 Å². The monoisotopic (exact) mass is 342 g/mol. The molecule has 6 nitrogen and oxygen atoms in total. The number of alkyl halides is 1. The van der Waals surface area contributed by atoms with Crippen LogP contribution in [-0.2, 0) is 6.54 Å². The molecule has 0 saturated carbocycles. The van der Waals surface area contributed by atoms with Crippen LogP contribution in [0.1, 0.15) is 28.0 Å². The number of ether oxygens (including phenoxy) is 1. The highest BCUT2D eigenvalue weighted by Crippen LogP contribution is 2.28. The molecule has 1 amide bonds. The van der Waals surface area contributed by atoms with Crippen LogP contribution in [0.3, 0.4) is 0 Å². The first-order chi connectivity index (χ1) is 12.1. The Morgan fingerprint density at radius 2 is 2.32 bits per heavy atom. The SMILES string of the molecule is Cc1cc2c(nc1N1CCC(Oc3cccnc3)[C@H](F)C1)CNC2=O. The van der Waals surface area contributed by atoms with Gasteiger partial charge >= 0.3 is 0 Å². The number of piperidine rings is 1. The van der Waals surface area contributed by atoms with Crippen molar-refractivity contribution in [3.05, 3.63) is 47.4 Å². The van der Waals surface area contributed by atoms with E-state index in [4.69, 9.17) is 4.74 Å². The van der Waals surface area contributed by atoms with Gasteiger partial charge in [0.1, 0.15) is 17.7 Å². The Morgan fingerprint density at radius 1 is 1.44 bits per heavy atom. The topological polar surface area (TPSA) is 67.3 Å². The summed E-state index contributed by atoms with van der Waals surface area (Å²) in [6.07, 6.45) is 2.20. The van der Waals surface area contributed by atoms with Crippen molar-refractivity contribution in [3.8, 4) is 5.75 Å². The number of fused-ring (bicyclic) bond motifs is 1. The number of carbonyl (C=O) groups excluding carboxylic acids is 1. The van der Waals surface area contributed by atoms with Crippen molar-refractivity contribution in [1.29, 1.82) is 0 Å². The van der Waals surface area contributed by atoms with Gasteiger partial charge < -0.3 is 15.0 Å². The Morgan fingerprint density at radius 3 is 3.08 bits per heavy atom. The molecule has 0 spiro atoms. The molecule has 1 N–H and O–H groups in total. The van der Waals surface area contributed by atoms with Gasteiger partial charge in [-0.2, -0.15) is 0 Å². The summed E-state index contributed by atoms with van der Waals surface area (Å²) in [5.41, 5.74) is 2.23. The maximum atomic E-state index is 14.7. The van der Waals surface area contributed by atoms with Crippen LogP contribution in [0.25, 0.3) is 0 Å². The van der Waals surface area contributed by atoms with Gasteiger partial charge in [0, 0.05) is 19.2 Å². The first-order valence-corrected chi connectivity index (χ1v) is 8.36. The zero-order valence-electron chi connectivity index (χ0n) is 13.9. The van der Waals surface area contributed by atoms with Crippen LogP contribution < -0.4 is 15.0 Å². The number of amides is 1. The van der Waals surface area contributed by atoms with Gasteiger partial charge in [0.05, 0.1) is 30.5 Å². The normalized spacial score (nSPS) is 22.5. The fourth-order valence-electron chi connectivity index (χ4n) is 3.35. The van der Waals surface area contributed by atoms with Crippen molar-refractivity contribution in [2.24, 2.45) is 0 Å². The van der Waals surface area contributed by atoms with E-state index in [0.717, 1.165) is 17.1 Å². The van der Waals surface area contributed by atoms with E-state index in [9.17, 15) is 9.18 Å². The van der Waals surface area contributed by atoms with E-state index in [1.807, 2.05) is 17.9 Å². The second-order valence-electron chi connectivity index (χ2n) is 6.40.